The zero-order chi connectivity index (χ0) is 15.0. The Labute approximate surface area is 131 Å². The van der Waals surface area contributed by atoms with Crippen molar-refractivity contribution < 1.29 is 4.39 Å². The smallest absolute Gasteiger partial charge is 0.144 e. The van der Waals surface area contributed by atoms with Crippen LogP contribution in [0.25, 0.3) is 11.0 Å². The van der Waals surface area contributed by atoms with E-state index in [1.807, 2.05) is 15.3 Å². The highest BCUT2D eigenvalue weighted by Crippen LogP contribution is 2.27. The molecule has 0 N–H and O–H groups in total. The van der Waals surface area contributed by atoms with Gasteiger partial charge in [0.05, 0.1) is 34.3 Å². The lowest BCUT2D eigenvalue weighted by atomic mass is 10.2. The second kappa shape index (κ2) is 5.66. The number of alkyl halides is 1. The van der Waals surface area contributed by atoms with E-state index in [4.69, 9.17) is 23.2 Å². The zero-order valence-corrected chi connectivity index (χ0v) is 12.8. The van der Waals surface area contributed by atoms with E-state index >= 15 is 0 Å². The molecule has 0 saturated heterocycles. The van der Waals surface area contributed by atoms with Gasteiger partial charge in [0.25, 0.3) is 0 Å². The van der Waals surface area contributed by atoms with Gasteiger partial charge in [-0.25, -0.2) is 14.4 Å². The number of hydrogen-bond acceptors (Lipinski definition) is 2. The highest BCUT2D eigenvalue weighted by atomic mass is 35.5. The Morgan fingerprint density at radius 1 is 1.38 bits per heavy atom. The number of fused-ring (bicyclic) bond motifs is 1. The van der Waals surface area contributed by atoms with Crippen molar-refractivity contribution in [2.45, 2.75) is 25.4 Å². The minimum Gasteiger partial charge on any atom is -0.335 e. The predicted molar refractivity (Wildman–Crippen MR) is 81.2 cm³/mol. The van der Waals surface area contributed by atoms with Gasteiger partial charge in [0.2, 0.25) is 0 Å². The van der Waals surface area contributed by atoms with Gasteiger partial charge in [-0.05, 0) is 13.0 Å². The lowest BCUT2D eigenvalue weighted by molar-refractivity contribution is 0.464. The number of imidazole rings is 2. The molecule has 0 fully saturated rings. The van der Waals surface area contributed by atoms with Crippen LogP contribution in [0, 0.1) is 5.82 Å². The Morgan fingerprint density at radius 2 is 2.19 bits per heavy atom. The van der Waals surface area contributed by atoms with E-state index in [2.05, 4.69) is 16.9 Å². The van der Waals surface area contributed by atoms with Gasteiger partial charge in [0.15, 0.2) is 0 Å². The van der Waals surface area contributed by atoms with Crippen molar-refractivity contribution in [1.29, 1.82) is 0 Å². The first-order chi connectivity index (χ1) is 10.1. The second-order valence-electron chi connectivity index (χ2n) is 4.90. The number of hydrogen-bond donors (Lipinski definition) is 0. The van der Waals surface area contributed by atoms with Gasteiger partial charge in [-0.3, -0.25) is 0 Å². The van der Waals surface area contributed by atoms with Crippen molar-refractivity contribution in [1.82, 2.24) is 19.1 Å². The normalized spacial score (nSPS) is 13.0. The van der Waals surface area contributed by atoms with E-state index in [0.29, 0.717) is 17.9 Å². The number of nitrogens with zero attached hydrogens (tertiary/aromatic N) is 4. The summed E-state index contributed by atoms with van der Waals surface area (Å²) in [6.45, 7) is 2.76. The summed E-state index contributed by atoms with van der Waals surface area (Å²) in [5.41, 5.74) is 1.34. The van der Waals surface area contributed by atoms with Gasteiger partial charge in [-0.1, -0.05) is 11.6 Å². The van der Waals surface area contributed by atoms with E-state index in [-0.39, 0.29) is 16.9 Å². The van der Waals surface area contributed by atoms with Crippen molar-refractivity contribution >= 4 is 34.2 Å². The second-order valence-corrected chi connectivity index (χ2v) is 5.57. The summed E-state index contributed by atoms with van der Waals surface area (Å²) >= 11 is 11.9. The first-order valence-corrected chi connectivity index (χ1v) is 7.39. The van der Waals surface area contributed by atoms with Crippen LogP contribution < -0.4 is 0 Å². The lowest BCUT2D eigenvalue weighted by Gasteiger charge is -2.17. The summed E-state index contributed by atoms with van der Waals surface area (Å²) < 4.78 is 17.5. The van der Waals surface area contributed by atoms with Gasteiger partial charge in [0.1, 0.15) is 11.6 Å². The molecule has 7 heteroatoms. The first kappa shape index (κ1) is 14.4. The fourth-order valence-electron chi connectivity index (χ4n) is 2.51. The Hall–Kier alpha value is -1.59. The summed E-state index contributed by atoms with van der Waals surface area (Å²) in [6.07, 6.45) is 5.37. The highest BCUT2D eigenvalue weighted by Gasteiger charge is 2.17. The van der Waals surface area contributed by atoms with Gasteiger partial charge in [-0.15, -0.1) is 11.6 Å². The van der Waals surface area contributed by atoms with Crippen LogP contribution in [0.5, 0.6) is 0 Å². The van der Waals surface area contributed by atoms with Crippen LogP contribution in [-0.2, 0) is 12.4 Å². The molecule has 2 aromatic heterocycles. The largest absolute Gasteiger partial charge is 0.335 e. The first-order valence-electron chi connectivity index (χ1n) is 6.47. The van der Waals surface area contributed by atoms with Crippen molar-refractivity contribution in [2.24, 2.45) is 0 Å². The third kappa shape index (κ3) is 2.63. The Morgan fingerprint density at radius 3 is 2.86 bits per heavy atom. The fraction of sp³-hybridized carbons (Fsp3) is 0.286. The molecule has 21 heavy (non-hydrogen) atoms. The van der Waals surface area contributed by atoms with Gasteiger partial charge >= 0.3 is 0 Å². The van der Waals surface area contributed by atoms with Crippen LogP contribution in [0.3, 0.4) is 0 Å². The Kier molecular flexibility index (Phi) is 3.87. The Balaban J connectivity index is 2.09. The maximum atomic E-state index is 13.6. The molecule has 0 saturated carbocycles. The molecule has 1 aromatic carbocycles. The van der Waals surface area contributed by atoms with Crippen LogP contribution in [0.15, 0.2) is 30.9 Å². The van der Waals surface area contributed by atoms with Crippen LogP contribution in [0.4, 0.5) is 4.39 Å². The quantitative estimate of drug-likeness (QED) is 0.679. The summed E-state index contributed by atoms with van der Waals surface area (Å²) in [5, 5.41) is 0.0830. The van der Waals surface area contributed by atoms with Crippen LogP contribution in [0.1, 0.15) is 18.8 Å². The summed E-state index contributed by atoms with van der Waals surface area (Å²) in [5.74, 6) is 0.473. The molecule has 0 aliphatic heterocycles. The lowest BCUT2D eigenvalue weighted by Crippen LogP contribution is -2.14. The predicted octanol–water partition coefficient (Wildman–Crippen LogP) is 4.03. The molecule has 3 aromatic rings. The maximum Gasteiger partial charge on any atom is 0.144 e. The van der Waals surface area contributed by atoms with Crippen molar-refractivity contribution in [3.63, 3.8) is 0 Å². The average Bonchev–Trinajstić information content (AvgIpc) is 3.06. The minimum absolute atomic E-state index is 0.0828. The molecule has 1 unspecified atom stereocenters. The van der Waals surface area contributed by atoms with Gasteiger partial charge in [-0.2, -0.15) is 0 Å². The molecular formula is C14H13Cl2FN4. The topological polar surface area (TPSA) is 35.6 Å². The number of rotatable bonds is 4. The highest BCUT2D eigenvalue weighted by molar-refractivity contribution is 6.31. The van der Waals surface area contributed by atoms with E-state index in [1.165, 1.54) is 6.07 Å². The minimum atomic E-state index is -0.475. The third-order valence-electron chi connectivity index (χ3n) is 3.40. The van der Waals surface area contributed by atoms with E-state index < -0.39 is 5.82 Å². The SMILES string of the molecule is CC(Cn1ccnc1)n1c(CCl)nc2cc(F)c(Cl)cc21. The van der Waals surface area contributed by atoms with Crippen LogP contribution >= 0.6 is 23.2 Å². The molecular weight excluding hydrogens is 314 g/mol. The monoisotopic (exact) mass is 326 g/mol. The summed E-state index contributed by atoms with van der Waals surface area (Å²) in [7, 11) is 0. The number of aromatic nitrogens is 4. The molecule has 0 spiro atoms. The van der Waals surface area contributed by atoms with Gasteiger partial charge < -0.3 is 9.13 Å². The third-order valence-corrected chi connectivity index (χ3v) is 3.93. The standard InChI is InChI=1S/C14H13Cl2FN4/c1-9(7-20-3-2-18-8-20)21-13-4-10(16)11(17)5-12(13)19-14(21)6-15/h2-5,8-9H,6-7H2,1H3. The molecule has 0 amide bonds. The number of halogens is 3. The average molecular weight is 327 g/mol. The van der Waals surface area contributed by atoms with Crippen molar-refractivity contribution in [3.8, 4) is 0 Å². The molecule has 0 bridgehead atoms. The van der Waals surface area contributed by atoms with Crippen molar-refractivity contribution in [3.05, 3.63) is 47.5 Å². The Bertz CT molecular complexity index is 767. The van der Waals surface area contributed by atoms with Crippen molar-refractivity contribution in [2.75, 3.05) is 0 Å². The van der Waals surface area contributed by atoms with E-state index in [9.17, 15) is 4.39 Å². The molecule has 4 nitrogen and oxygen atoms in total. The maximum absolute atomic E-state index is 13.6. The summed E-state index contributed by atoms with van der Waals surface area (Å²) in [6, 6.07) is 3.02. The molecule has 110 valence electrons. The number of benzene rings is 1. The molecule has 0 aliphatic rings. The van der Waals surface area contributed by atoms with Gasteiger partial charge in [0, 0.05) is 25.0 Å². The molecule has 0 aliphatic carbocycles. The fourth-order valence-corrected chi connectivity index (χ4v) is 2.85. The van der Waals surface area contributed by atoms with E-state index in [1.54, 1.807) is 18.6 Å². The van der Waals surface area contributed by atoms with Crippen LogP contribution in [-0.4, -0.2) is 19.1 Å². The molecule has 3 rings (SSSR count). The molecule has 0 radical (unpaired) electrons. The van der Waals surface area contributed by atoms with Crippen LogP contribution in [0.2, 0.25) is 5.02 Å². The summed E-state index contributed by atoms with van der Waals surface area (Å²) in [4.78, 5) is 8.42. The molecule has 1 atom stereocenters. The molecule has 2 heterocycles. The van der Waals surface area contributed by atoms with E-state index in [0.717, 1.165) is 5.52 Å². The zero-order valence-electron chi connectivity index (χ0n) is 11.3.